The van der Waals surface area contributed by atoms with E-state index < -0.39 is 6.10 Å². The third kappa shape index (κ3) is 3.00. The van der Waals surface area contributed by atoms with E-state index in [-0.39, 0.29) is 0 Å². The lowest BCUT2D eigenvalue weighted by Crippen LogP contribution is -2.03. The van der Waals surface area contributed by atoms with E-state index in [1.54, 1.807) is 50.6 Å². The summed E-state index contributed by atoms with van der Waals surface area (Å²) >= 11 is 5.94. The Hall–Kier alpha value is -1.71. The molecule has 0 amide bonds. The van der Waals surface area contributed by atoms with Gasteiger partial charge in [0.1, 0.15) is 17.6 Å². The number of hydrogen-bond acceptors (Lipinski definition) is 3. The summed E-state index contributed by atoms with van der Waals surface area (Å²) < 4.78 is 10.4. The molecular weight excluding hydrogens is 264 g/mol. The summed E-state index contributed by atoms with van der Waals surface area (Å²) in [5, 5.41) is 11.0. The first-order chi connectivity index (χ1) is 9.15. The second-order valence-corrected chi connectivity index (χ2v) is 4.50. The molecule has 3 nitrogen and oxygen atoms in total. The second kappa shape index (κ2) is 5.95. The predicted octanol–water partition coefficient (Wildman–Crippen LogP) is 3.44. The van der Waals surface area contributed by atoms with Crippen molar-refractivity contribution in [3.63, 3.8) is 0 Å². The van der Waals surface area contributed by atoms with Gasteiger partial charge in [0.15, 0.2) is 0 Å². The molecule has 2 aromatic carbocycles. The minimum Gasteiger partial charge on any atom is -0.497 e. The summed E-state index contributed by atoms with van der Waals surface area (Å²) in [4.78, 5) is 0. The standard InChI is InChI=1S/C15H15ClO3/c1-18-12-6-7-14(19-2)13(9-12)15(17)10-4-3-5-11(16)8-10/h3-9,15,17H,1-2H3. The van der Waals surface area contributed by atoms with Crippen LogP contribution in [-0.2, 0) is 0 Å². The van der Waals surface area contributed by atoms with Gasteiger partial charge in [0.05, 0.1) is 14.2 Å². The summed E-state index contributed by atoms with van der Waals surface area (Å²) in [6, 6.07) is 12.4. The number of hydrogen-bond donors (Lipinski definition) is 1. The molecule has 0 aliphatic carbocycles. The number of aliphatic hydroxyl groups is 1. The molecule has 4 heteroatoms. The molecule has 100 valence electrons. The van der Waals surface area contributed by atoms with Gasteiger partial charge in [-0.1, -0.05) is 23.7 Å². The maximum atomic E-state index is 10.5. The highest BCUT2D eigenvalue weighted by atomic mass is 35.5. The van der Waals surface area contributed by atoms with Gasteiger partial charge in [0, 0.05) is 10.6 Å². The van der Waals surface area contributed by atoms with Gasteiger partial charge < -0.3 is 14.6 Å². The fourth-order valence-electron chi connectivity index (χ4n) is 1.91. The van der Waals surface area contributed by atoms with E-state index in [2.05, 4.69) is 0 Å². The van der Waals surface area contributed by atoms with Crippen LogP contribution < -0.4 is 9.47 Å². The molecule has 0 aliphatic rings. The Labute approximate surface area is 117 Å². The van der Waals surface area contributed by atoms with Crippen LogP contribution in [0.5, 0.6) is 11.5 Å². The summed E-state index contributed by atoms with van der Waals surface area (Å²) in [5.74, 6) is 1.27. The number of ether oxygens (including phenoxy) is 2. The Morgan fingerprint density at radius 1 is 1.05 bits per heavy atom. The number of aliphatic hydroxyl groups excluding tert-OH is 1. The van der Waals surface area contributed by atoms with Gasteiger partial charge in [-0.15, -0.1) is 0 Å². The maximum Gasteiger partial charge on any atom is 0.125 e. The van der Waals surface area contributed by atoms with Crippen molar-refractivity contribution in [3.05, 3.63) is 58.6 Å². The fourth-order valence-corrected chi connectivity index (χ4v) is 2.11. The maximum absolute atomic E-state index is 10.5. The highest BCUT2D eigenvalue weighted by Gasteiger charge is 2.16. The Balaban J connectivity index is 2.44. The van der Waals surface area contributed by atoms with Crippen molar-refractivity contribution in [3.8, 4) is 11.5 Å². The van der Waals surface area contributed by atoms with Crippen LogP contribution in [0.1, 0.15) is 17.2 Å². The van der Waals surface area contributed by atoms with Crippen LogP contribution in [-0.4, -0.2) is 19.3 Å². The quantitative estimate of drug-likeness (QED) is 0.931. The third-order valence-electron chi connectivity index (χ3n) is 2.90. The lowest BCUT2D eigenvalue weighted by Gasteiger charge is -2.16. The molecule has 0 aromatic heterocycles. The Morgan fingerprint density at radius 3 is 2.47 bits per heavy atom. The molecule has 0 heterocycles. The van der Waals surface area contributed by atoms with Crippen molar-refractivity contribution in [2.24, 2.45) is 0 Å². The molecule has 0 saturated carbocycles. The highest BCUT2D eigenvalue weighted by molar-refractivity contribution is 6.30. The van der Waals surface area contributed by atoms with Crippen molar-refractivity contribution >= 4 is 11.6 Å². The first-order valence-corrected chi connectivity index (χ1v) is 6.19. The highest BCUT2D eigenvalue weighted by Crippen LogP contribution is 2.33. The van der Waals surface area contributed by atoms with Gasteiger partial charge >= 0.3 is 0 Å². The first-order valence-electron chi connectivity index (χ1n) is 5.81. The molecule has 1 N–H and O–H groups in total. The molecule has 0 aliphatic heterocycles. The number of halogens is 1. The van der Waals surface area contributed by atoms with Crippen LogP contribution in [0.2, 0.25) is 5.02 Å². The molecule has 0 spiro atoms. The van der Waals surface area contributed by atoms with E-state index >= 15 is 0 Å². The normalized spacial score (nSPS) is 12.0. The predicted molar refractivity (Wildman–Crippen MR) is 75.1 cm³/mol. The minimum atomic E-state index is -0.816. The van der Waals surface area contributed by atoms with Crippen molar-refractivity contribution in [1.29, 1.82) is 0 Å². The lowest BCUT2D eigenvalue weighted by molar-refractivity contribution is 0.214. The second-order valence-electron chi connectivity index (χ2n) is 4.07. The smallest absolute Gasteiger partial charge is 0.125 e. The van der Waals surface area contributed by atoms with E-state index in [0.29, 0.717) is 27.6 Å². The first kappa shape index (κ1) is 13.7. The van der Waals surface area contributed by atoms with Crippen LogP contribution in [0, 0.1) is 0 Å². The van der Waals surface area contributed by atoms with E-state index in [4.69, 9.17) is 21.1 Å². The molecule has 2 aromatic rings. The topological polar surface area (TPSA) is 38.7 Å². The van der Waals surface area contributed by atoms with E-state index in [1.165, 1.54) is 0 Å². The number of rotatable bonds is 4. The van der Waals surface area contributed by atoms with Gasteiger partial charge in [-0.05, 0) is 35.9 Å². The van der Waals surface area contributed by atoms with E-state index in [0.717, 1.165) is 0 Å². The van der Waals surface area contributed by atoms with Gasteiger partial charge in [0.25, 0.3) is 0 Å². The van der Waals surface area contributed by atoms with Gasteiger partial charge in [-0.25, -0.2) is 0 Å². The summed E-state index contributed by atoms with van der Waals surface area (Å²) in [6.07, 6.45) is -0.816. The minimum absolute atomic E-state index is 0.582. The van der Waals surface area contributed by atoms with Gasteiger partial charge in [-0.2, -0.15) is 0 Å². The summed E-state index contributed by atoms with van der Waals surface area (Å²) in [5.41, 5.74) is 1.35. The molecule has 0 fully saturated rings. The van der Waals surface area contributed by atoms with Gasteiger partial charge in [-0.3, -0.25) is 0 Å². The van der Waals surface area contributed by atoms with Crippen molar-refractivity contribution in [2.75, 3.05) is 14.2 Å². The fraction of sp³-hybridized carbons (Fsp3) is 0.200. The summed E-state index contributed by atoms with van der Waals surface area (Å²) in [7, 11) is 3.15. The van der Waals surface area contributed by atoms with Gasteiger partial charge in [0.2, 0.25) is 0 Å². The zero-order valence-corrected chi connectivity index (χ0v) is 11.5. The SMILES string of the molecule is COc1ccc(OC)c(C(O)c2cccc(Cl)c2)c1. The molecule has 0 bridgehead atoms. The molecule has 2 rings (SSSR count). The molecule has 19 heavy (non-hydrogen) atoms. The van der Waals surface area contributed by atoms with E-state index in [9.17, 15) is 5.11 Å². The Bertz CT molecular complexity index is 569. The van der Waals surface area contributed by atoms with Crippen LogP contribution in [0.25, 0.3) is 0 Å². The van der Waals surface area contributed by atoms with Crippen molar-refractivity contribution in [2.45, 2.75) is 6.10 Å². The molecule has 1 unspecified atom stereocenters. The number of methoxy groups -OCH3 is 2. The molecular formula is C15H15ClO3. The van der Waals surface area contributed by atoms with E-state index in [1.807, 2.05) is 6.07 Å². The number of benzene rings is 2. The molecule has 0 saturated heterocycles. The zero-order valence-electron chi connectivity index (χ0n) is 10.8. The average Bonchev–Trinajstić information content (AvgIpc) is 2.45. The monoisotopic (exact) mass is 278 g/mol. The Morgan fingerprint density at radius 2 is 1.84 bits per heavy atom. The third-order valence-corrected chi connectivity index (χ3v) is 3.13. The zero-order chi connectivity index (χ0) is 13.8. The summed E-state index contributed by atoms with van der Waals surface area (Å²) in [6.45, 7) is 0. The van der Waals surface area contributed by atoms with Crippen LogP contribution in [0.3, 0.4) is 0 Å². The largest absolute Gasteiger partial charge is 0.497 e. The average molecular weight is 279 g/mol. The molecule has 0 radical (unpaired) electrons. The van der Waals surface area contributed by atoms with Crippen molar-refractivity contribution in [1.82, 2.24) is 0 Å². The van der Waals surface area contributed by atoms with Crippen molar-refractivity contribution < 1.29 is 14.6 Å². The van der Waals surface area contributed by atoms with Crippen LogP contribution >= 0.6 is 11.6 Å². The lowest BCUT2D eigenvalue weighted by atomic mass is 10.0. The van der Waals surface area contributed by atoms with Crippen LogP contribution in [0.15, 0.2) is 42.5 Å². The Kier molecular flexibility index (Phi) is 4.30. The van der Waals surface area contributed by atoms with Crippen LogP contribution in [0.4, 0.5) is 0 Å². The molecule has 1 atom stereocenters.